The van der Waals surface area contributed by atoms with Crippen LogP contribution in [0.5, 0.6) is 5.75 Å². The summed E-state index contributed by atoms with van der Waals surface area (Å²) in [7, 11) is 1.55. The molecular weight excluding hydrogens is 439 g/mol. The van der Waals surface area contributed by atoms with Crippen LogP contribution < -0.4 is 10.1 Å². The number of anilines is 1. The summed E-state index contributed by atoms with van der Waals surface area (Å²) in [4.78, 5) is 11.9. The fourth-order valence-electron chi connectivity index (χ4n) is 2.88. The summed E-state index contributed by atoms with van der Waals surface area (Å²) in [6.07, 6.45) is -2.91. The number of aromatic nitrogens is 3. The summed E-state index contributed by atoms with van der Waals surface area (Å²) in [5, 5.41) is 17.6. The maximum Gasteiger partial charge on any atom is 0.432 e. The number of ether oxygens (including phenoxy) is 2. The van der Waals surface area contributed by atoms with Crippen LogP contribution in [-0.2, 0) is 9.53 Å². The lowest BCUT2D eigenvalue weighted by Gasteiger charge is -2.17. The number of benzene rings is 2. The maximum atomic E-state index is 13.5. The number of alkyl halides is 3. The normalized spacial score (nSPS) is 12.0. The Morgan fingerprint density at radius 3 is 2.55 bits per heavy atom. The number of hydrogen-bond acceptors (Lipinski definition) is 7. The molecule has 11 heteroatoms. The molecule has 8 nitrogen and oxygen atoms in total. The van der Waals surface area contributed by atoms with Crippen molar-refractivity contribution < 1.29 is 27.4 Å². The van der Waals surface area contributed by atoms with E-state index < -0.39 is 23.4 Å². The molecule has 0 saturated carbocycles. The van der Waals surface area contributed by atoms with Crippen molar-refractivity contribution in [3.8, 4) is 22.7 Å². The van der Waals surface area contributed by atoms with Crippen molar-refractivity contribution in [2.75, 3.05) is 19.0 Å². The largest absolute Gasteiger partial charge is 0.497 e. The number of nitrogens with one attached hydrogen (secondary N) is 2. The second-order valence-electron chi connectivity index (χ2n) is 6.60. The average Bonchev–Trinajstić information content (AvgIpc) is 3.29. The van der Waals surface area contributed by atoms with E-state index >= 15 is 0 Å². The molecule has 3 aromatic rings. The molecule has 172 valence electrons. The number of methoxy groups -OCH3 is 1. The number of hydrogen-bond donors (Lipinski definition) is 2. The number of allylic oxidation sites excluding steroid dienone is 1. The van der Waals surface area contributed by atoms with Crippen LogP contribution >= 0.6 is 0 Å². The van der Waals surface area contributed by atoms with Crippen LogP contribution in [0.15, 0.2) is 66.0 Å². The van der Waals surface area contributed by atoms with Gasteiger partial charge in [0.15, 0.2) is 0 Å². The van der Waals surface area contributed by atoms with Gasteiger partial charge in [0, 0.05) is 23.5 Å². The van der Waals surface area contributed by atoms with E-state index in [9.17, 15) is 18.0 Å². The summed E-state index contributed by atoms with van der Waals surface area (Å²) in [5.74, 6) is -0.585. The summed E-state index contributed by atoms with van der Waals surface area (Å²) in [6, 6.07) is 13.1. The van der Waals surface area contributed by atoms with Gasteiger partial charge in [-0.2, -0.15) is 13.2 Å². The minimum atomic E-state index is -4.91. The first-order valence-corrected chi connectivity index (χ1v) is 9.70. The molecule has 0 amide bonds. The van der Waals surface area contributed by atoms with Gasteiger partial charge in [0.1, 0.15) is 22.7 Å². The highest BCUT2D eigenvalue weighted by Crippen LogP contribution is 2.30. The third kappa shape index (κ3) is 5.56. The predicted molar refractivity (Wildman–Crippen MR) is 115 cm³/mol. The van der Waals surface area contributed by atoms with Crippen molar-refractivity contribution in [2.45, 2.75) is 13.1 Å². The molecule has 2 aromatic carbocycles. The Kier molecular flexibility index (Phi) is 7.11. The predicted octanol–water partition coefficient (Wildman–Crippen LogP) is 4.38. The topological polar surface area (TPSA) is 102 Å². The molecule has 0 spiro atoms. The third-order valence-corrected chi connectivity index (χ3v) is 4.45. The summed E-state index contributed by atoms with van der Waals surface area (Å²) < 4.78 is 52.0. The van der Waals surface area contributed by atoms with E-state index in [1.807, 2.05) is 6.07 Å². The van der Waals surface area contributed by atoms with E-state index in [1.54, 1.807) is 48.3 Å². The van der Waals surface area contributed by atoms with Gasteiger partial charge in [-0.05, 0) is 31.2 Å². The number of rotatable bonds is 8. The lowest BCUT2D eigenvalue weighted by molar-refractivity contribution is -0.139. The van der Waals surface area contributed by atoms with Crippen LogP contribution in [0.1, 0.15) is 6.92 Å². The van der Waals surface area contributed by atoms with Gasteiger partial charge in [-0.25, -0.2) is 9.48 Å². The van der Waals surface area contributed by atoms with Crippen LogP contribution in [0, 0.1) is 5.41 Å². The van der Waals surface area contributed by atoms with E-state index in [0.717, 1.165) is 5.69 Å². The Balaban J connectivity index is 1.86. The molecule has 0 aliphatic rings. The Morgan fingerprint density at radius 2 is 1.94 bits per heavy atom. The highest BCUT2D eigenvalue weighted by Gasteiger charge is 2.38. The second kappa shape index (κ2) is 9.98. The van der Waals surface area contributed by atoms with Gasteiger partial charge in [0.25, 0.3) is 0 Å². The van der Waals surface area contributed by atoms with Crippen molar-refractivity contribution in [3.63, 3.8) is 0 Å². The van der Waals surface area contributed by atoms with Gasteiger partial charge >= 0.3 is 12.1 Å². The SMILES string of the molecule is CCOC(=O)/C(C=N)=C(/Nc1ccc(-c2cn(-c3cccc(OC)c3)nn2)cc1)C(F)(F)F. The maximum absolute atomic E-state index is 13.5. The van der Waals surface area contributed by atoms with E-state index in [0.29, 0.717) is 23.2 Å². The molecule has 0 atom stereocenters. The van der Waals surface area contributed by atoms with Gasteiger partial charge in [-0.3, -0.25) is 0 Å². The zero-order chi connectivity index (χ0) is 24.0. The fourth-order valence-corrected chi connectivity index (χ4v) is 2.88. The molecule has 0 aliphatic heterocycles. The Hall–Kier alpha value is -4.15. The van der Waals surface area contributed by atoms with Crippen LogP contribution in [0.2, 0.25) is 0 Å². The second-order valence-corrected chi connectivity index (χ2v) is 6.60. The van der Waals surface area contributed by atoms with Gasteiger partial charge in [-0.15, -0.1) is 5.10 Å². The van der Waals surface area contributed by atoms with Crippen molar-refractivity contribution >= 4 is 17.9 Å². The molecule has 33 heavy (non-hydrogen) atoms. The van der Waals surface area contributed by atoms with Crippen LogP contribution in [0.25, 0.3) is 16.9 Å². The minimum absolute atomic E-state index is 0.0647. The first kappa shape index (κ1) is 23.5. The molecule has 2 N–H and O–H groups in total. The molecule has 1 heterocycles. The summed E-state index contributed by atoms with van der Waals surface area (Å²) >= 11 is 0. The molecule has 1 aromatic heterocycles. The molecule has 0 unspecified atom stereocenters. The van der Waals surface area contributed by atoms with Crippen molar-refractivity contribution in [3.05, 3.63) is 66.0 Å². The number of esters is 1. The lowest BCUT2D eigenvalue weighted by atomic mass is 10.1. The molecule has 0 fully saturated rings. The Morgan fingerprint density at radius 1 is 1.21 bits per heavy atom. The van der Waals surface area contributed by atoms with Crippen molar-refractivity contribution in [1.29, 1.82) is 5.41 Å². The van der Waals surface area contributed by atoms with Crippen molar-refractivity contribution in [1.82, 2.24) is 15.0 Å². The smallest absolute Gasteiger partial charge is 0.432 e. The van der Waals surface area contributed by atoms with Crippen LogP contribution in [0.3, 0.4) is 0 Å². The van der Waals surface area contributed by atoms with Crippen LogP contribution in [0.4, 0.5) is 18.9 Å². The minimum Gasteiger partial charge on any atom is -0.497 e. The van der Waals surface area contributed by atoms with E-state index in [-0.39, 0.29) is 12.3 Å². The molecule has 0 bridgehead atoms. The standard InChI is InChI=1S/C22H20F3N5O3/c1-3-33-21(31)18(12-26)20(22(23,24)25)27-15-9-7-14(8-10-15)19-13-30(29-28-19)16-5-4-6-17(11-16)32-2/h4-13,26-27H,3H2,1-2H3/b20-18+,26-12?. The van der Waals surface area contributed by atoms with E-state index in [1.165, 1.54) is 19.1 Å². The van der Waals surface area contributed by atoms with Gasteiger partial charge in [-0.1, -0.05) is 23.4 Å². The fraction of sp³-hybridized carbons (Fsp3) is 0.182. The molecule has 0 saturated heterocycles. The zero-order valence-corrected chi connectivity index (χ0v) is 17.7. The molecule has 3 rings (SSSR count). The Bertz CT molecular complexity index is 1170. The average molecular weight is 459 g/mol. The van der Waals surface area contributed by atoms with Gasteiger partial charge in [0.05, 0.1) is 25.6 Å². The molecular formula is C22H20F3N5O3. The highest BCUT2D eigenvalue weighted by molar-refractivity contribution is 6.09. The van der Waals surface area contributed by atoms with Gasteiger partial charge in [0.2, 0.25) is 0 Å². The van der Waals surface area contributed by atoms with E-state index in [4.69, 9.17) is 10.1 Å². The zero-order valence-electron chi connectivity index (χ0n) is 17.7. The lowest BCUT2D eigenvalue weighted by Crippen LogP contribution is -2.25. The number of carbonyl (C=O) groups excluding carboxylic acids is 1. The third-order valence-electron chi connectivity index (χ3n) is 4.45. The van der Waals surface area contributed by atoms with E-state index in [2.05, 4.69) is 20.4 Å². The first-order chi connectivity index (χ1) is 15.8. The molecule has 0 aliphatic carbocycles. The van der Waals surface area contributed by atoms with Gasteiger partial charge < -0.3 is 20.2 Å². The summed E-state index contributed by atoms with van der Waals surface area (Å²) in [5.41, 5.74) is -0.394. The first-order valence-electron chi connectivity index (χ1n) is 9.70. The molecule has 0 radical (unpaired) electrons. The number of carbonyl (C=O) groups is 1. The highest BCUT2D eigenvalue weighted by atomic mass is 19.4. The Labute approximate surface area is 187 Å². The van der Waals surface area contributed by atoms with Crippen LogP contribution in [-0.4, -0.2) is 47.1 Å². The number of nitrogens with zero attached hydrogens (tertiary/aromatic N) is 3. The van der Waals surface area contributed by atoms with Crippen molar-refractivity contribution in [2.24, 2.45) is 0 Å². The summed E-state index contributed by atoms with van der Waals surface area (Å²) in [6.45, 7) is 1.34. The number of halogens is 3. The monoisotopic (exact) mass is 459 g/mol. The quantitative estimate of drug-likeness (QED) is 0.294.